The molecule has 1 fully saturated rings. The van der Waals surface area contributed by atoms with Gasteiger partial charge in [0.15, 0.2) is 0 Å². The number of amides is 1. The molecule has 0 atom stereocenters. The van der Waals surface area contributed by atoms with Crippen LogP contribution in [0, 0.1) is 5.41 Å². The van der Waals surface area contributed by atoms with E-state index in [1.54, 1.807) is 0 Å². The Morgan fingerprint density at radius 3 is 2.74 bits per heavy atom. The first-order valence-electron chi connectivity index (χ1n) is 7.12. The van der Waals surface area contributed by atoms with Crippen molar-refractivity contribution in [2.45, 2.75) is 44.9 Å². The van der Waals surface area contributed by atoms with Gasteiger partial charge in [-0.1, -0.05) is 31.9 Å². The van der Waals surface area contributed by atoms with Crippen LogP contribution in [0.2, 0.25) is 0 Å². The summed E-state index contributed by atoms with van der Waals surface area (Å²) in [5.74, 6) is 0.465. The summed E-state index contributed by atoms with van der Waals surface area (Å²) in [5, 5.41) is 3.10. The van der Waals surface area contributed by atoms with Crippen molar-refractivity contribution in [3.63, 3.8) is 0 Å². The summed E-state index contributed by atoms with van der Waals surface area (Å²) in [5.41, 5.74) is 2.03. The minimum absolute atomic E-state index is 0.0201. The zero-order valence-electron chi connectivity index (χ0n) is 11.5. The van der Waals surface area contributed by atoms with Crippen LogP contribution in [0.5, 0.6) is 0 Å². The molecule has 1 amide bonds. The lowest BCUT2D eigenvalue weighted by atomic mass is 9.83. The van der Waals surface area contributed by atoms with Gasteiger partial charge < -0.3 is 5.32 Å². The van der Waals surface area contributed by atoms with Crippen LogP contribution < -0.4 is 5.32 Å². The number of hydrogen-bond acceptors (Lipinski definition) is 1. The van der Waals surface area contributed by atoms with Gasteiger partial charge in [0.25, 0.3) is 5.91 Å². The monoisotopic (exact) mass is 279 g/mol. The zero-order chi connectivity index (χ0) is 13.7. The van der Waals surface area contributed by atoms with E-state index in [2.05, 4.69) is 12.2 Å². The fourth-order valence-corrected chi connectivity index (χ4v) is 3.11. The molecule has 3 heteroatoms. The van der Waals surface area contributed by atoms with Gasteiger partial charge in [0.2, 0.25) is 0 Å². The maximum absolute atomic E-state index is 12.2. The van der Waals surface area contributed by atoms with Gasteiger partial charge >= 0.3 is 0 Å². The molecule has 1 aromatic rings. The number of rotatable bonds is 5. The molecule has 0 spiro atoms. The Morgan fingerprint density at radius 2 is 2.11 bits per heavy atom. The van der Waals surface area contributed by atoms with Crippen molar-refractivity contribution < 1.29 is 4.79 Å². The van der Waals surface area contributed by atoms with Crippen molar-refractivity contribution in [2.24, 2.45) is 5.41 Å². The molecule has 2 rings (SSSR count). The molecule has 0 saturated heterocycles. The third-order valence-corrected chi connectivity index (χ3v) is 4.69. The fourth-order valence-electron chi connectivity index (χ4n) is 2.95. The molecular weight excluding hydrogens is 258 g/mol. The molecule has 1 aromatic carbocycles. The fraction of sp³-hybridized carbons (Fsp3) is 0.562. The van der Waals surface area contributed by atoms with E-state index >= 15 is 0 Å². The molecule has 0 heterocycles. The summed E-state index contributed by atoms with van der Waals surface area (Å²) in [6, 6.07) is 7.54. The topological polar surface area (TPSA) is 29.1 Å². The SMILES string of the molecule is CCC1(CNC(=O)c2cccc(CCl)c2)CCCC1. The summed E-state index contributed by atoms with van der Waals surface area (Å²) in [4.78, 5) is 12.2. The Hall–Kier alpha value is -1.02. The van der Waals surface area contributed by atoms with Crippen molar-refractivity contribution in [3.05, 3.63) is 35.4 Å². The van der Waals surface area contributed by atoms with Crippen LogP contribution in [0.4, 0.5) is 0 Å². The number of carbonyl (C=O) groups is 1. The van der Waals surface area contributed by atoms with Crippen LogP contribution in [-0.4, -0.2) is 12.5 Å². The minimum atomic E-state index is 0.0201. The Balaban J connectivity index is 1.97. The van der Waals surface area contributed by atoms with Gasteiger partial charge in [0.1, 0.15) is 0 Å². The minimum Gasteiger partial charge on any atom is -0.351 e. The smallest absolute Gasteiger partial charge is 0.251 e. The molecular formula is C16H22ClNO. The van der Waals surface area contributed by atoms with Gasteiger partial charge in [0, 0.05) is 18.0 Å². The average molecular weight is 280 g/mol. The number of carbonyl (C=O) groups excluding carboxylic acids is 1. The van der Waals surface area contributed by atoms with Crippen LogP contribution in [-0.2, 0) is 5.88 Å². The number of alkyl halides is 1. The van der Waals surface area contributed by atoms with E-state index in [1.165, 1.54) is 25.7 Å². The molecule has 0 aromatic heterocycles. The summed E-state index contributed by atoms with van der Waals surface area (Å²) in [6.07, 6.45) is 6.23. The summed E-state index contributed by atoms with van der Waals surface area (Å²) >= 11 is 5.80. The molecule has 19 heavy (non-hydrogen) atoms. The third kappa shape index (κ3) is 3.50. The van der Waals surface area contributed by atoms with Gasteiger partial charge in [0.05, 0.1) is 0 Å². The molecule has 1 N–H and O–H groups in total. The number of hydrogen-bond donors (Lipinski definition) is 1. The first-order valence-corrected chi connectivity index (χ1v) is 7.66. The van der Waals surface area contributed by atoms with Gasteiger partial charge in [-0.3, -0.25) is 4.79 Å². The van der Waals surface area contributed by atoms with Crippen molar-refractivity contribution in [1.82, 2.24) is 5.32 Å². The lowest BCUT2D eigenvalue weighted by Crippen LogP contribution is -2.35. The van der Waals surface area contributed by atoms with Crippen LogP contribution in [0.25, 0.3) is 0 Å². The number of nitrogens with one attached hydrogen (secondary N) is 1. The largest absolute Gasteiger partial charge is 0.351 e. The highest BCUT2D eigenvalue weighted by Crippen LogP contribution is 2.40. The predicted molar refractivity (Wildman–Crippen MR) is 79.5 cm³/mol. The lowest BCUT2D eigenvalue weighted by Gasteiger charge is -2.27. The van der Waals surface area contributed by atoms with E-state index < -0.39 is 0 Å². The number of halogens is 1. The Labute approximate surface area is 120 Å². The zero-order valence-corrected chi connectivity index (χ0v) is 12.3. The molecule has 1 aliphatic carbocycles. The Morgan fingerprint density at radius 1 is 1.37 bits per heavy atom. The molecule has 0 radical (unpaired) electrons. The van der Waals surface area contributed by atoms with E-state index in [1.807, 2.05) is 24.3 Å². The maximum atomic E-state index is 12.2. The number of benzene rings is 1. The highest BCUT2D eigenvalue weighted by atomic mass is 35.5. The average Bonchev–Trinajstić information content (AvgIpc) is 2.94. The molecule has 2 nitrogen and oxygen atoms in total. The molecule has 0 bridgehead atoms. The molecule has 104 valence electrons. The van der Waals surface area contributed by atoms with E-state index in [0.29, 0.717) is 16.9 Å². The van der Waals surface area contributed by atoms with E-state index in [0.717, 1.165) is 18.5 Å². The maximum Gasteiger partial charge on any atom is 0.251 e. The second-order valence-electron chi connectivity index (χ2n) is 5.58. The van der Waals surface area contributed by atoms with Crippen LogP contribution in [0.1, 0.15) is 54.9 Å². The predicted octanol–water partition coefficient (Wildman–Crippen LogP) is 4.13. The second-order valence-corrected chi connectivity index (χ2v) is 5.84. The van der Waals surface area contributed by atoms with Gasteiger partial charge in [-0.2, -0.15) is 0 Å². The highest BCUT2D eigenvalue weighted by molar-refractivity contribution is 6.17. The third-order valence-electron chi connectivity index (χ3n) is 4.38. The molecule has 1 aliphatic rings. The van der Waals surface area contributed by atoms with Crippen molar-refractivity contribution >= 4 is 17.5 Å². The summed E-state index contributed by atoms with van der Waals surface area (Å²) in [7, 11) is 0. The van der Waals surface area contributed by atoms with Crippen molar-refractivity contribution in [2.75, 3.05) is 6.54 Å². The van der Waals surface area contributed by atoms with Crippen molar-refractivity contribution in [3.8, 4) is 0 Å². The first-order chi connectivity index (χ1) is 9.19. The normalized spacial score (nSPS) is 17.4. The van der Waals surface area contributed by atoms with E-state index in [-0.39, 0.29) is 5.91 Å². The van der Waals surface area contributed by atoms with Gasteiger partial charge in [-0.15, -0.1) is 11.6 Å². The van der Waals surface area contributed by atoms with Gasteiger partial charge in [-0.25, -0.2) is 0 Å². The standard InChI is InChI=1S/C16H22ClNO/c1-2-16(8-3-4-9-16)12-18-15(19)14-7-5-6-13(10-14)11-17/h5-7,10H,2-4,8-9,11-12H2,1H3,(H,18,19). The van der Waals surface area contributed by atoms with Crippen LogP contribution >= 0.6 is 11.6 Å². The first kappa shape index (κ1) is 14.4. The van der Waals surface area contributed by atoms with Crippen LogP contribution in [0.15, 0.2) is 24.3 Å². The Bertz CT molecular complexity index is 438. The molecule has 0 unspecified atom stereocenters. The summed E-state index contributed by atoms with van der Waals surface area (Å²) in [6.45, 7) is 3.03. The Kier molecular flexibility index (Phi) is 4.87. The van der Waals surface area contributed by atoms with Gasteiger partial charge in [-0.05, 0) is 42.4 Å². The van der Waals surface area contributed by atoms with E-state index in [9.17, 15) is 4.79 Å². The molecule has 0 aliphatic heterocycles. The molecule has 1 saturated carbocycles. The van der Waals surface area contributed by atoms with Crippen LogP contribution in [0.3, 0.4) is 0 Å². The van der Waals surface area contributed by atoms with Crippen molar-refractivity contribution in [1.29, 1.82) is 0 Å². The summed E-state index contributed by atoms with van der Waals surface area (Å²) < 4.78 is 0. The van der Waals surface area contributed by atoms with E-state index in [4.69, 9.17) is 11.6 Å². The quantitative estimate of drug-likeness (QED) is 0.807. The lowest BCUT2D eigenvalue weighted by molar-refractivity contribution is 0.0928. The second kappa shape index (κ2) is 6.42. The highest BCUT2D eigenvalue weighted by Gasteiger charge is 2.32.